The minimum absolute atomic E-state index is 0.0795. The van der Waals surface area contributed by atoms with Crippen LogP contribution in [-0.2, 0) is 42.9 Å². The van der Waals surface area contributed by atoms with Crippen molar-refractivity contribution in [3.63, 3.8) is 0 Å². The predicted octanol–water partition coefficient (Wildman–Crippen LogP) is 3.87. The van der Waals surface area contributed by atoms with Gasteiger partial charge in [-0.25, -0.2) is 19.2 Å². The highest BCUT2D eigenvalue weighted by Gasteiger charge is 2.53. The number of pyridine rings is 1. The number of rotatable bonds is 8. The van der Waals surface area contributed by atoms with Crippen LogP contribution in [0.25, 0.3) is 0 Å². The Morgan fingerprint density at radius 2 is 1.83 bits per heavy atom. The van der Waals surface area contributed by atoms with E-state index in [9.17, 15) is 24.6 Å². The smallest absolute Gasteiger partial charge is 0.343 e. The number of anilines is 1. The number of aromatic nitrogens is 1. The van der Waals surface area contributed by atoms with Gasteiger partial charge < -0.3 is 49.0 Å². The van der Waals surface area contributed by atoms with Crippen molar-refractivity contribution in [1.82, 2.24) is 9.88 Å². The van der Waals surface area contributed by atoms with E-state index >= 15 is 4.39 Å². The molecule has 4 rings (SSSR count). The molecule has 16 nitrogen and oxygen atoms in total. The molecule has 326 valence electrons. The number of nitrogens with zero attached hydrogens (tertiary/aromatic N) is 4. The van der Waals surface area contributed by atoms with Crippen molar-refractivity contribution in [2.45, 2.75) is 148 Å². The van der Waals surface area contributed by atoms with Crippen LogP contribution >= 0.6 is 0 Å². The fraction of sp³-hybridized carbons (Fsp3) is 0.756. The minimum atomic E-state index is -2.56. The lowest BCUT2D eigenvalue weighted by Crippen LogP contribution is -2.60. The second-order valence-electron chi connectivity index (χ2n) is 17.0. The average Bonchev–Trinajstić information content (AvgIpc) is 3.15. The van der Waals surface area contributed by atoms with Gasteiger partial charge >= 0.3 is 5.97 Å². The molecule has 58 heavy (non-hydrogen) atoms. The van der Waals surface area contributed by atoms with Crippen LogP contribution in [0.3, 0.4) is 0 Å². The third-order valence-corrected chi connectivity index (χ3v) is 11.4. The number of hydrogen-bond acceptors (Lipinski definition) is 14. The van der Waals surface area contributed by atoms with Crippen LogP contribution < -0.4 is 5.32 Å². The van der Waals surface area contributed by atoms with E-state index in [4.69, 9.17) is 28.5 Å². The summed E-state index contributed by atoms with van der Waals surface area (Å²) in [5, 5.41) is 30.8. The number of carbonyl (C=O) groups is 3. The Morgan fingerprint density at radius 3 is 2.45 bits per heavy atom. The molecule has 13 atom stereocenters. The number of aliphatic hydroxyl groups is 2. The maximum Gasteiger partial charge on any atom is 0.343 e. The number of nitrogens with one attached hydrogen (secondary N) is 1. The number of hydrogen-bond donors (Lipinski definition) is 3. The molecule has 17 heteroatoms. The highest BCUT2D eigenvalue weighted by Crippen LogP contribution is 2.41. The van der Waals surface area contributed by atoms with E-state index in [1.807, 2.05) is 32.8 Å². The summed E-state index contributed by atoms with van der Waals surface area (Å²) >= 11 is 0. The molecule has 0 spiro atoms. The summed E-state index contributed by atoms with van der Waals surface area (Å²) in [4.78, 5) is 55.2. The van der Waals surface area contributed by atoms with Crippen LogP contribution in [0.4, 0.5) is 10.2 Å². The number of aliphatic imine (C=N–C) groups is 1. The van der Waals surface area contributed by atoms with Crippen molar-refractivity contribution in [1.29, 1.82) is 0 Å². The van der Waals surface area contributed by atoms with E-state index in [1.54, 1.807) is 45.9 Å². The van der Waals surface area contributed by atoms with Crippen LogP contribution in [0.15, 0.2) is 34.5 Å². The van der Waals surface area contributed by atoms with Gasteiger partial charge in [0.1, 0.15) is 29.3 Å². The fourth-order valence-electron chi connectivity index (χ4n) is 8.64. The first kappa shape index (κ1) is 47.2. The first-order valence-electron chi connectivity index (χ1n) is 20.1. The molecular weight excluding hydrogens is 757 g/mol. The number of alkyl halides is 1. The molecule has 2 amide bonds. The zero-order valence-electron chi connectivity index (χ0n) is 35.8. The van der Waals surface area contributed by atoms with Gasteiger partial charge in [0.2, 0.25) is 11.6 Å². The van der Waals surface area contributed by atoms with Gasteiger partial charge in [-0.2, -0.15) is 0 Å². The Bertz CT molecular complexity index is 1630. The van der Waals surface area contributed by atoms with Gasteiger partial charge in [0.25, 0.3) is 5.91 Å². The van der Waals surface area contributed by atoms with Gasteiger partial charge in [-0.1, -0.05) is 38.9 Å². The van der Waals surface area contributed by atoms with E-state index < -0.39 is 96.1 Å². The van der Waals surface area contributed by atoms with E-state index in [-0.39, 0.29) is 43.9 Å². The van der Waals surface area contributed by atoms with Crippen molar-refractivity contribution in [3.05, 3.63) is 24.4 Å². The second kappa shape index (κ2) is 19.7. The quantitative estimate of drug-likeness (QED) is 0.253. The van der Waals surface area contributed by atoms with Crippen molar-refractivity contribution in [2.75, 3.05) is 39.2 Å². The Kier molecular flexibility index (Phi) is 16.1. The molecule has 4 heterocycles. The first-order chi connectivity index (χ1) is 27.1. The Hall–Kier alpha value is -3.45. The summed E-state index contributed by atoms with van der Waals surface area (Å²) in [6, 6.07) is 4.72. The highest BCUT2D eigenvalue weighted by atomic mass is 19.1. The lowest BCUT2D eigenvalue weighted by molar-refractivity contribution is -0.299. The molecule has 0 aromatic carbocycles. The van der Waals surface area contributed by atoms with E-state index in [0.717, 1.165) is 6.92 Å². The van der Waals surface area contributed by atoms with Gasteiger partial charge in [0.15, 0.2) is 12.9 Å². The second-order valence-corrected chi connectivity index (χ2v) is 17.0. The van der Waals surface area contributed by atoms with Crippen LogP contribution in [0.1, 0.15) is 88.0 Å². The first-order valence-corrected chi connectivity index (χ1v) is 20.1. The highest BCUT2D eigenvalue weighted by molar-refractivity contribution is 5.98. The molecule has 5 unspecified atom stereocenters. The molecule has 1 aromatic heterocycles. The zero-order chi connectivity index (χ0) is 43.2. The fourth-order valence-corrected chi connectivity index (χ4v) is 8.64. The number of amides is 2. The molecule has 0 aliphatic carbocycles. The number of likely N-dealkylation sites (N-methyl/N-ethyl adjacent to an activating group) is 1. The zero-order valence-corrected chi connectivity index (χ0v) is 35.8. The molecule has 3 aliphatic rings. The third kappa shape index (κ3) is 11.6. The molecule has 3 fully saturated rings. The van der Waals surface area contributed by atoms with Crippen LogP contribution in [0.5, 0.6) is 0 Å². The standard InChI is InChI=1S/C41H64FN5O11/c1-12-30-41(9,52)36-26(5)33(44-27(6)48)23(2)19-40(8,54-21-28(20-53-36)46-55-22-32(49)45-31-15-13-14-16-43-31)35(24(3)18-39(7,42)38(51)57-30)58-37-34(50)29(47(10)11)17-25(4)56-37/h13-16,23-26,29-30,34-37,50,52H,12,17-22H2,1-11H3,(H,43,45,49)/b44-33?,46-28-/t23?,24-,25+,26?,29-,30-,34?,35?,36?,37-,39-,40+,41+/m0/s1. The van der Waals surface area contributed by atoms with E-state index in [0.29, 0.717) is 18.0 Å². The summed E-state index contributed by atoms with van der Waals surface area (Å²) < 4.78 is 48.8. The van der Waals surface area contributed by atoms with Crippen LogP contribution in [0.2, 0.25) is 0 Å². The lowest BCUT2D eigenvalue weighted by atomic mass is 9.73. The summed E-state index contributed by atoms with van der Waals surface area (Å²) in [7, 11) is 3.70. The maximum absolute atomic E-state index is 16.8. The molecule has 1 aromatic rings. The SMILES string of the molecule is CC[C@@H]1OC(=O)[C@@](C)(F)C[C@H](C)C(O[C@@H]2O[C@H](C)C[C@H](N(C)C)C2O)[C@@]2(C)CC(C)C(=NC(C)=O)C(C)C(OC/C(=N/OCC(=O)Nc3ccccn3)CO2)[C@]1(C)O. The van der Waals surface area contributed by atoms with Crippen molar-refractivity contribution < 1.29 is 57.5 Å². The number of ether oxygens (including phenoxy) is 5. The van der Waals surface area contributed by atoms with Crippen molar-refractivity contribution in [2.24, 2.45) is 27.9 Å². The summed E-state index contributed by atoms with van der Waals surface area (Å²) in [5.41, 5.74) is -5.37. The lowest BCUT2D eigenvalue weighted by Gasteiger charge is -2.48. The molecule has 0 saturated carbocycles. The monoisotopic (exact) mass is 821 g/mol. The van der Waals surface area contributed by atoms with Gasteiger partial charge in [-0.3, -0.25) is 9.59 Å². The molecule has 0 radical (unpaired) electrons. The van der Waals surface area contributed by atoms with Crippen molar-refractivity contribution in [3.8, 4) is 0 Å². The topological polar surface area (TPSA) is 200 Å². The summed E-state index contributed by atoms with van der Waals surface area (Å²) in [6.07, 6.45) is -4.30. The van der Waals surface area contributed by atoms with Gasteiger partial charge in [0, 0.05) is 30.8 Å². The number of fused-ring (bicyclic) bond motifs is 5. The van der Waals surface area contributed by atoms with Crippen LogP contribution in [-0.4, -0.2) is 143 Å². The summed E-state index contributed by atoms with van der Waals surface area (Å²) in [5.74, 6) is -4.02. The number of oxime groups is 1. The van der Waals surface area contributed by atoms with Crippen molar-refractivity contribution >= 4 is 35.0 Å². The number of cyclic esters (lactones) is 1. The number of esters is 1. The number of halogens is 1. The Labute approximate surface area is 341 Å². The largest absolute Gasteiger partial charge is 0.457 e. The van der Waals surface area contributed by atoms with Gasteiger partial charge in [-0.15, -0.1) is 0 Å². The van der Waals surface area contributed by atoms with E-state index in [1.165, 1.54) is 20.0 Å². The Morgan fingerprint density at radius 1 is 1.12 bits per heavy atom. The molecular formula is C41H64FN5O11. The van der Waals surface area contributed by atoms with Gasteiger partial charge in [0.05, 0.1) is 37.1 Å². The molecule has 2 bridgehead atoms. The molecule has 3 aliphatic heterocycles. The number of aliphatic hydroxyl groups excluding tert-OH is 1. The maximum atomic E-state index is 16.8. The minimum Gasteiger partial charge on any atom is -0.457 e. The van der Waals surface area contributed by atoms with Gasteiger partial charge in [-0.05, 0) is 91.4 Å². The molecule has 3 saturated heterocycles. The Balaban J connectivity index is 1.89. The molecule has 3 N–H and O–H groups in total. The average molecular weight is 822 g/mol. The number of carbonyl (C=O) groups excluding carboxylic acids is 3. The predicted molar refractivity (Wildman–Crippen MR) is 213 cm³/mol. The van der Waals surface area contributed by atoms with E-state index in [2.05, 4.69) is 20.4 Å². The normalized spacial score (nSPS) is 39.6. The third-order valence-electron chi connectivity index (χ3n) is 11.4. The summed E-state index contributed by atoms with van der Waals surface area (Å²) in [6.45, 7) is 13.5. The van der Waals surface area contributed by atoms with Crippen LogP contribution in [0, 0.1) is 17.8 Å².